The molecule has 0 radical (unpaired) electrons. The molecule has 5 heteroatoms. The number of fused-ring (bicyclic) bond motifs is 1. The van der Waals surface area contributed by atoms with Crippen molar-refractivity contribution in [3.63, 3.8) is 0 Å². The molecule has 0 bridgehead atoms. The van der Waals surface area contributed by atoms with Crippen molar-refractivity contribution in [2.45, 2.75) is 12.5 Å². The summed E-state index contributed by atoms with van der Waals surface area (Å²) < 4.78 is 22.3. The van der Waals surface area contributed by atoms with E-state index in [0.29, 0.717) is 18.2 Å². The predicted octanol–water partition coefficient (Wildman–Crippen LogP) is -0.978. The third-order valence-corrected chi connectivity index (χ3v) is 4.37. The van der Waals surface area contributed by atoms with Crippen molar-refractivity contribution < 1.29 is 8.42 Å². The second kappa shape index (κ2) is 2.68. The minimum Gasteiger partial charge on any atom is -0.330 e. The van der Waals surface area contributed by atoms with Crippen LogP contribution in [0.4, 0.5) is 0 Å². The maximum Gasteiger partial charge on any atom is 0.164 e. The number of hydrogen-bond donors (Lipinski definition) is 1. The zero-order chi connectivity index (χ0) is 8.77. The van der Waals surface area contributed by atoms with Gasteiger partial charge < -0.3 is 5.73 Å². The molecule has 2 aliphatic rings. The van der Waals surface area contributed by atoms with Crippen LogP contribution in [0.5, 0.6) is 0 Å². The summed E-state index contributed by atoms with van der Waals surface area (Å²) in [5.74, 6) is 1.13. The van der Waals surface area contributed by atoms with Crippen LogP contribution in [0, 0.1) is 5.92 Å². The van der Waals surface area contributed by atoms with E-state index in [4.69, 9.17) is 5.73 Å². The van der Waals surface area contributed by atoms with Gasteiger partial charge in [-0.1, -0.05) is 0 Å². The normalized spacial score (nSPS) is 40.1. The first-order valence-electron chi connectivity index (χ1n) is 4.25. The Kier molecular flexibility index (Phi) is 1.89. The zero-order valence-electron chi connectivity index (χ0n) is 6.94. The summed E-state index contributed by atoms with van der Waals surface area (Å²) >= 11 is 0. The highest BCUT2D eigenvalue weighted by atomic mass is 32.2. The lowest BCUT2D eigenvalue weighted by molar-refractivity contribution is 0.331. The quantitative estimate of drug-likeness (QED) is 0.577. The first-order valence-corrected chi connectivity index (χ1v) is 6.07. The fourth-order valence-corrected chi connectivity index (χ4v) is 4.05. The van der Waals surface area contributed by atoms with Crippen LogP contribution < -0.4 is 5.73 Å². The van der Waals surface area contributed by atoms with E-state index < -0.39 is 9.84 Å². The molecule has 0 aromatic heterocycles. The lowest BCUT2D eigenvalue weighted by atomic mass is 10.1. The SMILES string of the molecule is NC[C@@H]1C[C@@H]2CS(=O)(=O)CN2C1. The van der Waals surface area contributed by atoms with Gasteiger partial charge in [0.25, 0.3) is 0 Å². The summed E-state index contributed by atoms with van der Waals surface area (Å²) in [5.41, 5.74) is 5.53. The zero-order valence-corrected chi connectivity index (χ0v) is 7.76. The van der Waals surface area contributed by atoms with E-state index in [-0.39, 0.29) is 11.9 Å². The summed E-state index contributed by atoms with van der Waals surface area (Å²) in [6, 6.07) is 0.267. The molecule has 0 spiro atoms. The summed E-state index contributed by atoms with van der Waals surface area (Å²) in [4.78, 5) is 2.05. The molecule has 0 amide bonds. The molecule has 0 unspecified atom stereocenters. The van der Waals surface area contributed by atoms with Gasteiger partial charge in [-0.05, 0) is 18.9 Å². The van der Waals surface area contributed by atoms with Crippen LogP contribution in [-0.2, 0) is 9.84 Å². The number of rotatable bonds is 1. The molecule has 0 aromatic rings. The molecular formula is C7H14N2O2S. The Morgan fingerprint density at radius 3 is 2.83 bits per heavy atom. The van der Waals surface area contributed by atoms with E-state index in [2.05, 4.69) is 0 Å². The van der Waals surface area contributed by atoms with Crippen LogP contribution in [0.3, 0.4) is 0 Å². The van der Waals surface area contributed by atoms with Gasteiger partial charge in [0, 0.05) is 12.6 Å². The maximum atomic E-state index is 11.2. The Bertz CT molecular complexity index is 255. The highest BCUT2D eigenvalue weighted by molar-refractivity contribution is 7.91. The van der Waals surface area contributed by atoms with Gasteiger partial charge in [0.15, 0.2) is 9.84 Å². The van der Waals surface area contributed by atoms with Crippen molar-refractivity contribution in [3.05, 3.63) is 0 Å². The smallest absolute Gasteiger partial charge is 0.164 e. The molecule has 2 saturated heterocycles. The van der Waals surface area contributed by atoms with E-state index in [1.54, 1.807) is 0 Å². The minimum atomic E-state index is -2.75. The molecule has 70 valence electrons. The van der Waals surface area contributed by atoms with Gasteiger partial charge in [-0.2, -0.15) is 0 Å². The summed E-state index contributed by atoms with van der Waals surface area (Å²) in [7, 11) is -2.75. The minimum absolute atomic E-state index is 0.258. The van der Waals surface area contributed by atoms with Gasteiger partial charge >= 0.3 is 0 Å². The van der Waals surface area contributed by atoms with E-state index >= 15 is 0 Å². The number of sulfone groups is 1. The topological polar surface area (TPSA) is 63.4 Å². The molecule has 0 aliphatic carbocycles. The average Bonchev–Trinajstić information content (AvgIpc) is 2.40. The highest BCUT2D eigenvalue weighted by Gasteiger charge is 2.41. The van der Waals surface area contributed by atoms with Crippen molar-refractivity contribution in [1.29, 1.82) is 0 Å². The van der Waals surface area contributed by atoms with Gasteiger partial charge in [0.1, 0.15) is 5.88 Å². The number of hydrogen-bond acceptors (Lipinski definition) is 4. The number of nitrogens with zero attached hydrogens (tertiary/aromatic N) is 1. The fourth-order valence-electron chi connectivity index (χ4n) is 2.19. The number of nitrogens with two attached hydrogens (primary N) is 1. The van der Waals surface area contributed by atoms with E-state index in [0.717, 1.165) is 13.0 Å². The second-order valence-corrected chi connectivity index (χ2v) is 5.88. The largest absolute Gasteiger partial charge is 0.330 e. The fraction of sp³-hybridized carbons (Fsp3) is 1.00. The van der Waals surface area contributed by atoms with E-state index in [1.165, 1.54) is 0 Å². The monoisotopic (exact) mass is 190 g/mol. The molecule has 2 rings (SSSR count). The van der Waals surface area contributed by atoms with E-state index in [9.17, 15) is 8.42 Å². The van der Waals surface area contributed by atoms with Gasteiger partial charge in [0.2, 0.25) is 0 Å². The Morgan fingerprint density at radius 1 is 1.50 bits per heavy atom. The third kappa shape index (κ3) is 1.36. The van der Waals surface area contributed by atoms with Crippen molar-refractivity contribution in [2.75, 3.05) is 24.7 Å². The van der Waals surface area contributed by atoms with Crippen molar-refractivity contribution in [1.82, 2.24) is 4.90 Å². The predicted molar refractivity (Wildman–Crippen MR) is 46.3 cm³/mol. The van der Waals surface area contributed by atoms with Crippen LogP contribution in [0.2, 0.25) is 0 Å². The standard InChI is InChI=1S/C7H14N2O2S/c8-2-6-1-7-4-12(10,11)5-9(7)3-6/h6-7H,1-5,8H2/t6-,7+/m0/s1. The lowest BCUT2D eigenvalue weighted by Crippen LogP contribution is -2.25. The molecular weight excluding hydrogens is 176 g/mol. The molecule has 4 nitrogen and oxygen atoms in total. The summed E-state index contributed by atoms with van der Waals surface area (Å²) in [6.45, 7) is 1.56. The molecule has 2 N–H and O–H groups in total. The summed E-state index contributed by atoms with van der Waals surface area (Å²) in [5, 5.41) is 0. The van der Waals surface area contributed by atoms with Crippen molar-refractivity contribution >= 4 is 9.84 Å². The second-order valence-electron chi connectivity index (χ2n) is 3.80. The van der Waals surface area contributed by atoms with Crippen LogP contribution in [-0.4, -0.2) is 44.1 Å². The summed E-state index contributed by atoms with van der Waals surface area (Å²) in [6.07, 6.45) is 0.968. The Balaban J connectivity index is 2.07. The molecule has 2 atom stereocenters. The first kappa shape index (κ1) is 8.47. The molecule has 12 heavy (non-hydrogen) atoms. The Labute approximate surface area is 72.6 Å². The first-order chi connectivity index (χ1) is 5.61. The van der Waals surface area contributed by atoms with Gasteiger partial charge in [-0.15, -0.1) is 0 Å². The highest BCUT2D eigenvalue weighted by Crippen LogP contribution is 2.29. The molecule has 0 aromatic carbocycles. The van der Waals surface area contributed by atoms with Crippen molar-refractivity contribution in [3.8, 4) is 0 Å². The van der Waals surface area contributed by atoms with Crippen LogP contribution in [0.25, 0.3) is 0 Å². The van der Waals surface area contributed by atoms with Gasteiger partial charge in [0.05, 0.1) is 5.75 Å². The lowest BCUT2D eigenvalue weighted by Gasteiger charge is -2.10. The Hall–Kier alpha value is -0.130. The molecule has 2 fully saturated rings. The molecule has 2 heterocycles. The van der Waals surface area contributed by atoms with Crippen LogP contribution >= 0.6 is 0 Å². The Morgan fingerprint density at radius 2 is 2.25 bits per heavy atom. The van der Waals surface area contributed by atoms with Gasteiger partial charge in [-0.25, -0.2) is 8.42 Å². The molecule has 0 saturated carbocycles. The van der Waals surface area contributed by atoms with Crippen LogP contribution in [0.1, 0.15) is 6.42 Å². The average molecular weight is 190 g/mol. The van der Waals surface area contributed by atoms with E-state index in [1.807, 2.05) is 4.90 Å². The third-order valence-electron chi connectivity index (χ3n) is 2.76. The van der Waals surface area contributed by atoms with Crippen molar-refractivity contribution in [2.24, 2.45) is 11.7 Å². The maximum absolute atomic E-state index is 11.2. The van der Waals surface area contributed by atoms with Crippen LogP contribution in [0.15, 0.2) is 0 Å². The van der Waals surface area contributed by atoms with Gasteiger partial charge in [-0.3, -0.25) is 4.90 Å². The molecule has 2 aliphatic heterocycles.